The summed E-state index contributed by atoms with van der Waals surface area (Å²) in [4.78, 5) is 8.65. The second-order valence-corrected chi connectivity index (χ2v) is 4.18. The zero-order valence-electron chi connectivity index (χ0n) is 9.82. The Morgan fingerprint density at radius 1 is 1.11 bits per heavy atom. The van der Waals surface area contributed by atoms with Crippen LogP contribution in [0.4, 0.5) is 6.01 Å². The Morgan fingerprint density at radius 3 is 3.00 bits per heavy atom. The highest BCUT2D eigenvalue weighted by Gasteiger charge is 2.07. The Morgan fingerprint density at radius 2 is 2.05 bits per heavy atom. The molecule has 0 spiro atoms. The number of aromatic nitrogens is 4. The highest BCUT2D eigenvalue weighted by molar-refractivity contribution is 5.80. The molecule has 0 atom stereocenters. The standard InChI is InChI=1S/C13H9N5O/c14-13-17-10-7-8(1-2-11(10)19-13)9-4-6-18-12(16-9)3-5-15-18/h1-7H,(H2,14,17). The Labute approximate surface area is 107 Å². The summed E-state index contributed by atoms with van der Waals surface area (Å²) in [6.45, 7) is 0. The molecule has 0 saturated heterocycles. The maximum Gasteiger partial charge on any atom is 0.292 e. The summed E-state index contributed by atoms with van der Waals surface area (Å²) in [7, 11) is 0. The first-order chi connectivity index (χ1) is 9.29. The van der Waals surface area contributed by atoms with E-state index >= 15 is 0 Å². The van der Waals surface area contributed by atoms with E-state index in [0.717, 1.165) is 22.4 Å². The molecule has 0 fully saturated rings. The van der Waals surface area contributed by atoms with Crippen LogP contribution in [0.1, 0.15) is 0 Å². The average molecular weight is 251 g/mol. The van der Waals surface area contributed by atoms with E-state index < -0.39 is 0 Å². The molecule has 0 radical (unpaired) electrons. The molecule has 1 aromatic carbocycles. The molecule has 6 heteroatoms. The minimum Gasteiger partial charge on any atom is -0.424 e. The molecule has 6 nitrogen and oxygen atoms in total. The van der Waals surface area contributed by atoms with Gasteiger partial charge in [-0.2, -0.15) is 10.1 Å². The van der Waals surface area contributed by atoms with Crippen molar-refractivity contribution in [3.8, 4) is 11.3 Å². The number of fused-ring (bicyclic) bond motifs is 2. The van der Waals surface area contributed by atoms with Crippen LogP contribution in [0.3, 0.4) is 0 Å². The van der Waals surface area contributed by atoms with E-state index in [9.17, 15) is 0 Å². The van der Waals surface area contributed by atoms with Crippen molar-refractivity contribution in [1.29, 1.82) is 0 Å². The normalized spacial score (nSPS) is 11.4. The lowest BCUT2D eigenvalue weighted by molar-refractivity contribution is 0.626. The molecule has 2 N–H and O–H groups in total. The Kier molecular flexibility index (Phi) is 1.88. The van der Waals surface area contributed by atoms with Crippen molar-refractivity contribution < 1.29 is 4.42 Å². The van der Waals surface area contributed by atoms with Crippen molar-refractivity contribution in [2.45, 2.75) is 0 Å². The fourth-order valence-corrected chi connectivity index (χ4v) is 2.08. The monoisotopic (exact) mass is 251 g/mol. The number of benzene rings is 1. The van der Waals surface area contributed by atoms with E-state index in [0.29, 0.717) is 5.58 Å². The van der Waals surface area contributed by atoms with E-state index in [1.54, 1.807) is 10.7 Å². The average Bonchev–Trinajstić information content (AvgIpc) is 3.01. The molecule has 0 aliphatic carbocycles. The number of hydrogen-bond acceptors (Lipinski definition) is 5. The highest BCUT2D eigenvalue weighted by atomic mass is 16.4. The van der Waals surface area contributed by atoms with Gasteiger partial charge in [-0.25, -0.2) is 9.50 Å². The quantitative estimate of drug-likeness (QED) is 0.560. The van der Waals surface area contributed by atoms with Gasteiger partial charge in [0.05, 0.1) is 11.9 Å². The van der Waals surface area contributed by atoms with Crippen LogP contribution in [0.15, 0.2) is 47.1 Å². The van der Waals surface area contributed by atoms with Gasteiger partial charge in [-0.15, -0.1) is 0 Å². The van der Waals surface area contributed by atoms with Crippen LogP contribution in [0.25, 0.3) is 28.0 Å². The van der Waals surface area contributed by atoms with Gasteiger partial charge in [0.2, 0.25) is 0 Å². The van der Waals surface area contributed by atoms with Crippen LogP contribution in [-0.2, 0) is 0 Å². The second kappa shape index (κ2) is 3.55. The van der Waals surface area contributed by atoms with Gasteiger partial charge < -0.3 is 10.2 Å². The lowest BCUT2D eigenvalue weighted by atomic mass is 10.1. The summed E-state index contributed by atoms with van der Waals surface area (Å²) in [5.41, 5.74) is 9.56. The first-order valence-corrected chi connectivity index (χ1v) is 5.76. The fraction of sp³-hybridized carbons (Fsp3) is 0. The molecule has 0 aliphatic rings. The minimum atomic E-state index is 0.173. The number of nitrogens with two attached hydrogens (primary N) is 1. The molecule has 0 bridgehead atoms. The molecule has 92 valence electrons. The van der Waals surface area contributed by atoms with E-state index in [-0.39, 0.29) is 6.01 Å². The third-order valence-electron chi connectivity index (χ3n) is 2.96. The van der Waals surface area contributed by atoms with Gasteiger partial charge in [0, 0.05) is 17.8 Å². The van der Waals surface area contributed by atoms with Crippen molar-refractivity contribution in [3.05, 3.63) is 42.7 Å². The fourth-order valence-electron chi connectivity index (χ4n) is 2.08. The molecule has 3 aromatic heterocycles. The summed E-state index contributed by atoms with van der Waals surface area (Å²) < 4.78 is 6.97. The Hall–Kier alpha value is -2.89. The zero-order chi connectivity index (χ0) is 12.8. The van der Waals surface area contributed by atoms with Crippen LogP contribution in [0.2, 0.25) is 0 Å². The van der Waals surface area contributed by atoms with Crippen LogP contribution >= 0.6 is 0 Å². The maximum absolute atomic E-state index is 5.53. The van der Waals surface area contributed by atoms with Crippen LogP contribution in [-0.4, -0.2) is 19.6 Å². The van der Waals surface area contributed by atoms with E-state index in [2.05, 4.69) is 15.1 Å². The first-order valence-electron chi connectivity index (χ1n) is 5.76. The number of anilines is 1. The maximum atomic E-state index is 5.53. The summed E-state index contributed by atoms with van der Waals surface area (Å²) >= 11 is 0. The van der Waals surface area contributed by atoms with Gasteiger partial charge in [-0.1, -0.05) is 0 Å². The summed E-state index contributed by atoms with van der Waals surface area (Å²) in [6.07, 6.45) is 3.59. The number of oxazole rings is 1. The van der Waals surface area contributed by atoms with Crippen LogP contribution in [0.5, 0.6) is 0 Å². The molecule has 4 rings (SSSR count). The lowest BCUT2D eigenvalue weighted by Crippen LogP contribution is -1.91. The molecule has 0 aliphatic heterocycles. The van der Waals surface area contributed by atoms with Crippen LogP contribution < -0.4 is 5.73 Å². The number of hydrogen-bond donors (Lipinski definition) is 1. The summed E-state index contributed by atoms with van der Waals surface area (Å²) in [5.74, 6) is 0. The van der Waals surface area contributed by atoms with Crippen molar-refractivity contribution in [2.75, 3.05) is 5.73 Å². The van der Waals surface area contributed by atoms with Crippen molar-refractivity contribution in [2.24, 2.45) is 0 Å². The molecule has 4 aromatic rings. The van der Waals surface area contributed by atoms with Crippen molar-refractivity contribution >= 4 is 22.8 Å². The van der Waals surface area contributed by atoms with Gasteiger partial charge >= 0.3 is 0 Å². The SMILES string of the molecule is Nc1nc2cc(-c3ccn4nccc4n3)ccc2o1. The van der Waals surface area contributed by atoms with Crippen LogP contribution in [0, 0.1) is 0 Å². The van der Waals surface area contributed by atoms with Crippen molar-refractivity contribution in [3.63, 3.8) is 0 Å². The largest absolute Gasteiger partial charge is 0.424 e. The Bertz CT molecular complexity index is 892. The third-order valence-corrected chi connectivity index (χ3v) is 2.96. The number of nitrogen functional groups attached to an aromatic ring is 1. The van der Waals surface area contributed by atoms with Gasteiger partial charge in [0.15, 0.2) is 11.2 Å². The molecular weight excluding hydrogens is 242 g/mol. The summed E-state index contributed by atoms with van der Waals surface area (Å²) in [5, 5.41) is 4.12. The molecular formula is C13H9N5O. The smallest absolute Gasteiger partial charge is 0.292 e. The van der Waals surface area contributed by atoms with Crippen molar-refractivity contribution in [1.82, 2.24) is 19.6 Å². The van der Waals surface area contributed by atoms with Gasteiger partial charge in [0.25, 0.3) is 6.01 Å². The van der Waals surface area contributed by atoms with Gasteiger partial charge in [-0.05, 0) is 24.3 Å². The molecule has 19 heavy (non-hydrogen) atoms. The molecule has 0 saturated carbocycles. The molecule has 0 amide bonds. The topological polar surface area (TPSA) is 82.2 Å². The molecule has 0 unspecified atom stereocenters. The van der Waals surface area contributed by atoms with E-state index in [1.807, 2.05) is 36.5 Å². The van der Waals surface area contributed by atoms with E-state index in [4.69, 9.17) is 10.2 Å². The first kappa shape index (κ1) is 10.1. The number of nitrogens with zero attached hydrogens (tertiary/aromatic N) is 4. The Balaban J connectivity index is 1.91. The van der Waals surface area contributed by atoms with Gasteiger partial charge in [0.1, 0.15) is 5.52 Å². The van der Waals surface area contributed by atoms with E-state index in [1.165, 1.54) is 0 Å². The predicted molar refractivity (Wildman–Crippen MR) is 70.4 cm³/mol. The van der Waals surface area contributed by atoms with Gasteiger partial charge in [-0.3, -0.25) is 0 Å². The minimum absolute atomic E-state index is 0.173. The summed E-state index contributed by atoms with van der Waals surface area (Å²) in [6, 6.07) is 9.62. The number of rotatable bonds is 1. The highest BCUT2D eigenvalue weighted by Crippen LogP contribution is 2.24. The second-order valence-electron chi connectivity index (χ2n) is 4.18. The predicted octanol–water partition coefficient (Wildman–Crippen LogP) is 2.12. The lowest BCUT2D eigenvalue weighted by Gasteiger charge is -2.01. The molecule has 3 heterocycles. The zero-order valence-corrected chi connectivity index (χ0v) is 9.82. The third kappa shape index (κ3) is 1.54.